The number of carboxylic acid groups (broad SMARTS) is 2. The Morgan fingerprint density at radius 1 is 1.18 bits per heavy atom. The molecule has 3 aliphatic rings. The number of fused-ring (bicyclic) bond motifs is 1. The van der Waals surface area contributed by atoms with Crippen LogP contribution < -0.4 is 11.2 Å². The molecule has 3 aliphatic heterocycles. The van der Waals surface area contributed by atoms with Crippen molar-refractivity contribution in [1.82, 2.24) is 25.2 Å². The van der Waals surface area contributed by atoms with Crippen LogP contribution in [0.2, 0.25) is 5.02 Å². The number of aliphatic hydroxyl groups is 1. The van der Waals surface area contributed by atoms with E-state index in [0.717, 1.165) is 33.3 Å². The van der Waals surface area contributed by atoms with Gasteiger partial charge in [0.05, 0.1) is 41.6 Å². The highest BCUT2D eigenvalue weighted by Crippen LogP contribution is 2.52. The number of hydrazine groups is 1. The van der Waals surface area contributed by atoms with Crippen LogP contribution in [0.5, 0.6) is 11.5 Å². The minimum atomic E-state index is -2.07. The molecule has 0 spiro atoms. The largest absolute Gasteiger partial charge is 0.504 e. The van der Waals surface area contributed by atoms with Crippen LogP contribution in [0.25, 0.3) is 0 Å². The van der Waals surface area contributed by atoms with Gasteiger partial charge in [0.25, 0.3) is 5.78 Å². The van der Waals surface area contributed by atoms with E-state index >= 15 is 0 Å². The SMILES string of the molecule is Nc1nc(/C(=N/O[C@@H](CO)C(=O)O)C(=O)CC2C(=O)N3C[C@@](C(=O)O)(N4CCN(NC(=O)C(=O)c5ccc(O)c(O)c5Cl)C4=O)S[C@H]23)cs1. The first-order valence-electron chi connectivity index (χ1n) is 13.8. The molecule has 1 unspecified atom stereocenters. The number of phenols is 2. The third-order valence-corrected chi connectivity index (χ3v) is 10.5. The Morgan fingerprint density at radius 2 is 1.90 bits per heavy atom. The standard InChI is InChI=1S/C26H24ClN7O13S2/c27-15-9(1-2-12(36)18(15)39)17(38)19(40)30-34-4-3-33(25(34)46)26(23(44)45)8-32-20(41)10(21(32)49-26)5-13(37)16(11-7-48-24(28)29-11)31-47-14(6-35)22(42)43/h1-2,7,10,14,21,35-36,39H,3-6,8H2,(H2,28,29)(H,30,40)(H,42,43)(H,44,45)/b31-16-/t10?,14-,21+,26+/m0/s1. The number of β-lactam (4-membered cyclic amide) rings is 1. The summed E-state index contributed by atoms with van der Waals surface area (Å²) in [5, 5.41) is 52.1. The number of halogens is 1. The van der Waals surface area contributed by atoms with E-state index in [0.29, 0.717) is 16.8 Å². The average molecular weight is 742 g/mol. The van der Waals surface area contributed by atoms with Gasteiger partial charge in [-0.3, -0.25) is 29.5 Å². The van der Waals surface area contributed by atoms with Crippen molar-refractivity contribution >= 4 is 86.9 Å². The summed E-state index contributed by atoms with van der Waals surface area (Å²) in [6.45, 7) is -2.00. The lowest BCUT2D eigenvalue weighted by Gasteiger charge is -2.40. The fraction of sp³-hybridized carbons (Fsp3) is 0.346. The van der Waals surface area contributed by atoms with Crippen LogP contribution in [-0.2, 0) is 28.8 Å². The number of aromatic hydroxyl groups is 2. The number of nitrogens with one attached hydrogen (secondary N) is 1. The first-order chi connectivity index (χ1) is 23.1. The van der Waals surface area contributed by atoms with Gasteiger partial charge in [-0.25, -0.2) is 24.4 Å². The van der Waals surface area contributed by atoms with E-state index in [1.54, 1.807) is 0 Å². The second kappa shape index (κ2) is 13.4. The maximum atomic E-state index is 13.4. The number of anilines is 1. The molecule has 4 amide bonds. The van der Waals surface area contributed by atoms with Gasteiger partial charge < -0.3 is 41.0 Å². The summed E-state index contributed by atoms with van der Waals surface area (Å²) in [5.74, 6) is -9.77. The zero-order valence-electron chi connectivity index (χ0n) is 24.5. The zero-order chi connectivity index (χ0) is 35.9. The van der Waals surface area contributed by atoms with E-state index in [1.807, 2.05) is 0 Å². The number of carboxylic acids is 2. The fourth-order valence-electron chi connectivity index (χ4n) is 5.15. The van der Waals surface area contributed by atoms with Crippen LogP contribution in [-0.4, -0.2) is 135 Å². The number of thioether (sulfide) groups is 1. The highest BCUT2D eigenvalue weighted by molar-refractivity contribution is 8.02. The summed E-state index contributed by atoms with van der Waals surface area (Å²) in [6.07, 6.45) is -2.37. The topological polar surface area (TPSA) is 303 Å². The zero-order valence-corrected chi connectivity index (χ0v) is 26.9. The highest BCUT2D eigenvalue weighted by atomic mass is 35.5. The van der Waals surface area contributed by atoms with Crippen molar-refractivity contribution in [2.45, 2.75) is 22.8 Å². The van der Waals surface area contributed by atoms with E-state index in [2.05, 4.69) is 15.6 Å². The van der Waals surface area contributed by atoms with Crippen LogP contribution in [0.3, 0.4) is 0 Å². The van der Waals surface area contributed by atoms with Crippen LogP contribution in [0.4, 0.5) is 9.93 Å². The molecule has 0 aliphatic carbocycles. The number of hydrogen-bond acceptors (Lipinski definition) is 16. The predicted molar refractivity (Wildman–Crippen MR) is 165 cm³/mol. The van der Waals surface area contributed by atoms with Crippen molar-refractivity contribution in [2.75, 3.05) is 32.0 Å². The number of hydrogen-bond donors (Lipinski definition) is 7. The lowest BCUT2D eigenvalue weighted by atomic mass is 9.90. The number of thiazole rings is 1. The number of carbonyl (C=O) groups is 7. The number of carbonyl (C=O) groups excluding carboxylic acids is 5. The Morgan fingerprint density at radius 3 is 2.51 bits per heavy atom. The van der Waals surface area contributed by atoms with Gasteiger partial charge >= 0.3 is 23.9 Å². The first kappa shape index (κ1) is 35.1. The Hall–Kier alpha value is -5.19. The number of Topliss-reactive ketones (excluding diaryl/α,β-unsaturated/α-hetero) is 2. The van der Waals surface area contributed by atoms with Gasteiger partial charge in [0.15, 0.2) is 28.1 Å². The van der Waals surface area contributed by atoms with Gasteiger partial charge in [-0.15, -0.1) is 11.3 Å². The Bertz CT molecular complexity index is 1820. The number of benzene rings is 1. The number of aromatic nitrogens is 1. The molecule has 5 rings (SSSR count). The number of nitrogens with zero attached hydrogens (tertiary/aromatic N) is 5. The second-order valence-corrected chi connectivity index (χ2v) is 13.2. The summed E-state index contributed by atoms with van der Waals surface area (Å²) >= 11 is 7.49. The third kappa shape index (κ3) is 6.25. The number of amides is 4. The van der Waals surface area contributed by atoms with E-state index in [1.165, 1.54) is 5.38 Å². The minimum Gasteiger partial charge on any atom is -0.504 e. The van der Waals surface area contributed by atoms with Crippen LogP contribution in [0.1, 0.15) is 22.5 Å². The lowest BCUT2D eigenvalue weighted by molar-refractivity contribution is -0.154. The van der Waals surface area contributed by atoms with Gasteiger partial charge in [-0.1, -0.05) is 28.5 Å². The van der Waals surface area contributed by atoms with Crippen molar-refractivity contribution in [3.8, 4) is 11.5 Å². The number of ketones is 2. The van der Waals surface area contributed by atoms with Crippen molar-refractivity contribution in [1.29, 1.82) is 0 Å². The molecule has 49 heavy (non-hydrogen) atoms. The molecule has 3 saturated heterocycles. The number of rotatable bonds is 13. The molecule has 1 aromatic heterocycles. The predicted octanol–water partition coefficient (Wildman–Crippen LogP) is -1.12. The fourth-order valence-corrected chi connectivity index (χ4v) is 7.64. The van der Waals surface area contributed by atoms with Crippen molar-refractivity contribution < 1.29 is 63.9 Å². The minimum absolute atomic E-state index is 0.0317. The summed E-state index contributed by atoms with van der Waals surface area (Å²) in [7, 11) is 0. The number of nitrogens with two attached hydrogens (primary N) is 1. The number of aliphatic hydroxyl groups excluding tert-OH is 1. The maximum Gasteiger partial charge on any atom is 0.350 e. The summed E-state index contributed by atoms with van der Waals surface area (Å²) < 4.78 is 0. The van der Waals surface area contributed by atoms with Crippen molar-refractivity contribution in [2.24, 2.45) is 11.1 Å². The van der Waals surface area contributed by atoms with Gasteiger partial charge in [0.2, 0.25) is 16.9 Å². The second-order valence-electron chi connectivity index (χ2n) is 10.6. The summed E-state index contributed by atoms with van der Waals surface area (Å²) in [4.78, 5) is 97.9. The van der Waals surface area contributed by atoms with Crippen molar-refractivity contribution in [3.05, 3.63) is 33.8 Å². The van der Waals surface area contributed by atoms with E-state index in [9.17, 15) is 54.0 Å². The summed E-state index contributed by atoms with van der Waals surface area (Å²) in [6, 6.07) is 0.875. The molecule has 20 nitrogen and oxygen atoms in total. The van der Waals surface area contributed by atoms with Gasteiger partial charge in [-0.05, 0) is 12.1 Å². The molecular weight excluding hydrogens is 718 g/mol. The van der Waals surface area contributed by atoms with Crippen molar-refractivity contribution in [3.63, 3.8) is 0 Å². The van der Waals surface area contributed by atoms with E-state index in [4.69, 9.17) is 27.3 Å². The quantitative estimate of drug-likeness (QED) is 0.0319. The monoisotopic (exact) mass is 741 g/mol. The smallest absolute Gasteiger partial charge is 0.350 e. The van der Waals surface area contributed by atoms with Crippen LogP contribution in [0.15, 0.2) is 22.7 Å². The number of phenolic OH excluding ortho intramolecular Hbond substituents is 2. The molecule has 4 atom stereocenters. The van der Waals surface area contributed by atoms with E-state index < -0.39 is 111 Å². The molecule has 2 aromatic rings. The molecule has 260 valence electrons. The average Bonchev–Trinajstić information content (AvgIpc) is 3.76. The lowest BCUT2D eigenvalue weighted by Crippen LogP contribution is -2.60. The molecule has 0 saturated carbocycles. The molecule has 1 aromatic carbocycles. The molecule has 23 heteroatoms. The molecule has 8 N–H and O–H groups in total. The number of nitrogen functional groups attached to an aromatic ring is 1. The maximum absolute atomic E-state index is 13.4. The molecule has 4 heterocycles. The molecule has 0 bridgehead atoms. The third-order valence-electron chi connectivity index (χ3n) is 7.66. The molecular formula is C26H24ClN7O13S2. The van der Waals surface area contributed by atoms with Gasteiger partial charge in [-0.2, -0.15) is 0 Å². The molecule has 3 fully saturated rings. The Labute approximate surface area is 286 Å². The van der Waals surface area contributed by atoms with Crippen LogP contribution >= 0.6 is 34.7 Å². The normalized spacial score (nSPS) is 22.4. The Kier molecular flexibility index (Phi) is 9.59. The number of aliphatic carboxylic acids is 2. The molecule has 0 radical (unpaired) electrons. The van der Waals surface area contributed by atoms with Gasteiger partial charge in [0.1, 0.15) is 5.69 Å². The Balaban J connectivity index is 1.30. The number of oxime groups is 1. The first-order valence-corrected chi connectivity index (χ1v) is 15.9. The van der Waals surface area contributed by atoms with E-state index in [-0.39, 0.29) is 23.9 Å². The van der Waals surface area contributed by atoms with Crippen LogP contribution in [0, 0.1) is 5.92 Å². The van der Waals surface area contributed by atoms with Gasteiger partial charge in [0, 0.05) is 18.3 Å². The highest BCUT2D eigenvalue weighted by Gasteiger charge is 2.66. The summed E-state index contributed by atoms with van der Waals surface area (Å²) in [5.41, 5.74) is 6.65. The number of urea groups is 1.